The largest absolute Gasteiger partial charge is 0.490 e. The first kappa shape index (κ1) is 24.2. The summed E-state index contributed by atoms with van der Waals surface area (Å²) in [4.78, 5) is 40.6. The van der Waals surface area contributed by atoms with Gasteiger partial charge in [0.1, 0.15) is 30.3 Å². The van der Waals surface area contributed by atoms with Crippen LogP contribution in [-0.4, -0.2) is 66.5 Å². The lowest BCUT2D eigenvalue weighted by atomic mass is 10.2. The maximum Gasteiger partial charge on any atom is 0.229 e. The second-order valence-electron chi connectivity index (χ2n) is 8.47. The Bertz CT molecular complexity index is 1310. The molecule has 0 atom stereocenters. The number of ether oxygens (including phenoxy) is 2. The fraction of sp³-hybridized carbons (Fsp3) is 0.269. The first-order valence-corrected chi connectivity index (χ1v) is 12.0. The molecule has 0 amide bonds. The van der Waals surface area contributed by atoms with Crippen molar-refractivity contribution in [3.8, 4) is 5.75 Å². The zero-order valence-electron chi connectivity index (χ0n) is 20.4. The summed E-state index contributed by atoms with van der Waals surface area (Å²) in [5.41, 5.74) is 2.59. The number of fused-ring (bicyclic) bond motifs is 1. The number of rotatable bonds is 8. The predicted octanol–water partition coefficient (Wildman–Crippen LogP) is 3.31. The van der Waals surface area contributed by atoms with Gasteiger partial charge in [-0.25, -0.2) is 9.97 Å². The molecule has 0 bridgehead atoms. The Morgan fingerprint density at radius 3 is 2.59 bits per heavy atom. The van der Waals surface area contributed by atoms with Gasteiger partial charge in [-0.15, -0.1) is 0 Å². The third-order valence-corrected chi connectivity index (χ3v) is 5.97. The van der Waals surface area contributed by atoms with Gasteiger partial charge in [0.05, 0.1) is 42.9 Å². The predicted molar refractivity (Wildman–Crippen MR) is 140 cm³/mol. The zero-order chi connectivity index (χ0) is 25.6. The van der Waals surface area contributed by atoms with Gasteiger partial charge in [-0.05, 0) is 43.3 Å². The van der Waals surface area contributed by atoms with E-state index in [1.165, 1.54) is 19.2 Å². The lowest BCUT2D eigenvalue weighted by Crippen LogP contribution is -2.36. The summed E-state index contributed by atoms with van der Waals surface area (Å²) in [6, 6.07) is 9.43. The topological polar surface area (TPSA) is 122 Å². The van der Waals surface area contributed by atoms with Crippen LogP contribution in [0, 0.1) is 0 Å². The number of morpholine rings is 1. The minimum Gasteiger partial charge on any atom is -0.490 e. The van der Waals surface area contributed by atoms with Crippen molar-refractivity contribution in [1.29, 1.82) is 0 Å². The van der Waals surface area contributed by atoms with E-state index in [2.05, 4.69) is 30.5 Å². The number of ketones is 1. The third-order valence-electron chi connectivity index (χ3n) is 5.97. The van der Waals surface area contributed by atoms with E-state index in [4.69, 9.17) is 9.47 Å². The van der Waals surface area contributed by atoms with Crippen LogP contribution in [0.1, 0.15) is 17.3 Å². The van der Waals surface area contributed by atoms with Gasteiger partial charge in [0.15, 0.2) is 5.78 Å². The average molecular weight is 502 g/mol. The number of nitrogens with one attached hydrogen (secondary N) is 2. The molecule has 37 heavy (non-hydrogen) atoms. The van der Waals surface area contributed by atoms with Crippen molar-refractivity contribution >= 4 is 46.7 Å². The van der Waals surface area contributed by atoms with Crippen LogP contribution in [0.2, 0.25) is 0 Å². The quantitative estimate of drug-likeness (QED) is 0.269. The molecule has 1 saturated heterocycles. The molecule has 2 N–H and O–H groups in total. The Hall–Kier alpha value is -4.51. The number of pyridine rings is 1. The molecular formula is C26H27N7O4. The molecule has 4 heterocycles. The highest BCUT2D eigenvalue weighted by atomic mass is 16.5. The minimum absolute atomic E-state index is 0.164. The van der Waals surface area contributed by atoms with Crippen molar-refractivity contribution in [1.82, 2.24) is 15.0 Å². The van der Waals surface area contributed by atoms with Crippen LogP contribution in [0.5, 0.6) is 5.75 Å². The van der Waals surface area contributed by atoms with Crippen molar-refractivity contribution in [2.75, 3.05) is 59.9 Å². The summed E-state index contributed by atoms with van der Waals surface area (Å²) in [6.45, 7) is 5.60. The molecule has 5 rings (SSSR count). The third kappa shape index (κ3) is 5.67. The standard InChI is InChI=1S/C26H27N7O4/c1-18(35)21-17-28-26(30-20-4-6-24(27-16-20)33-8-12-36-13-9-33)31-25(21)29-19-3-5-23-22(15-19)32(7-2-11-34)10-14-37-23/h2-7,11,15-17H,8-10,12-14H2,1H3,(H2,28,29,30,31). The molecule has 2 aromatic heterocycles. The van der Waals surface area contributed by atoms with Gasteiger partial charge in [0.2, 0.25) is 5.95 Å². The number of nitrogens with zero attached hydrogens (tertiary/aromatic N) is 5. The molecule has 0 radical (unpaired) electrons. The number of aromatic nitrogens is 3. The van der Waals surface area contributed by atoms with Crippen LogP contribution in [0.25, 0.3) is 0 Å². The van der Waals surface area contributed by atoms with Crippen LogP contribution in [-0.2, 0) is 9.53 Å². The minimum atomic E-state index is -0.164. The maximum atomic E-state index is 12.3. The van der Waals surface area contributed by atoms with Crippen molar-refractivity contribution in [2.24, 2.45) is 0 Å². The lowest BCUT2D eigenvalue weighted by molar-refractivity contribution is -0.104. The summed E-state index contributed by atoms with van der Waals surface area (Å²) in [7, 11) is 0. The Labute approximate surface area is 214 Å². The van der Waals surface area contributed by atoms with Crippen LogP contribution in [0.3, 0.4) is 0 Å². The average Bonchev–Trinajstić information content (AvgIpc) is 2.93. The number of allylic oxidation sites excluding steroid dienone is 1. The number of hydrogen-bond acceptors (Lipinski definition) is 11. The van der Waals surface area contributed by atoms with Gasteiger partial charge in [-0.1, -0.05) is 0 Å². The van der Waals surface area contributed by atoms with E-state index in [-0.39, 0.29) is 5.78 Å². The van der Waals surface area contributed by atoms with E-state index in [1.807, 2.05) is 35.2 Å². The second kappa shape index (κ2) is 11.0. The van der Waals surface area contributed by atoms with E-state index in [0.29, 0.717) is 55.1 Å². The van der Waals surface area contributed by atoms with Gasteiger partial charge in [-0.3, -0.25) is 9.59 Å². The first-order chi connectivity index (χ1) is 18.1. The van der Waals surface area contributed by atoms with E-state index in [1.54, 1.807) is 12.4 Å². The number of carbonyl (C=O) groups excluding carboxylic acids is 2. The van der Waals surface area contributed by atoms with Gasteiger partial charge >= 0.3 is 0 Å². The first-order valence-electron chi connectivity index (χ1n) is 12.0. The van der Waals surface area contributed by atoms with Crippen LogP contribution in [0.15, 0.2) is 55.0 Å². The number of Topliss-reactive ketones (excluding diaryl/α,β-unsaturated/α-hetero) is 1. The molecule has 0 unspecified atom stereocenters. The molecule has 11 heteroatoms. The number of benzene rings is 1. The molecule has 1 aromatic carbocycles. The molecule has 0 aliphatic carbocycles. The monoisotopic (exact) mass is 501 g/mol. The normalized spacial score (nSPS) is 15.2. The van der Waals surface area contributed by atoms with Gasteiger partial charge in [-0.2, -0.15) is 4.98 Å². The van der Waals surface area contributed by atoms with Crippen molar-refractivity contribution < 1.29 is 19.1 Å². The van der Waals surface area contributed by atoms with Gasteiger partial charge in [0, 0.05) is 31.2 Å². The highest BCUT2D eigenvalue weighted by molar-refractivity contribution is 5.99. The number of hydrogen-bond donors (Lipinski definition) is 2. The maximum absolute atomic E-state index is 12.3. The second-order valence-corrected chi connectivity index (χ2v) is 8.47. The fourth-order valence-electron chi connectivity index (χ4n) is 4.11. The summed E-state index contributed by atoms with van der Waals surface area (Å²) in [5, 5.41) is 6.39. The smallest absolute Gasteiger partial charge is 0.229 e. The van der Waals surface area contributed by atoms with E-state index >= 15 is 0 Å². The molecule has 1 fully saturated rings. The van der Waals surface area contributed by atoms with Crippen molar-refractivity contribution in [3.63, 3.8) is 0 Å². The SMILES string of the molecule is CC(=O)c1cnc(Nc2ccc(N3CCOCC3)nc2)nc1Nc1ccc2c(c1)N(C=CC=O)CCO2. The summed E-state index contributed by atoms with van der Waals surface area (Å²) in [6.07, 6.45) is 7.11. The highest BCUT2D eigenvalue weighted by Crippen LogP contribution is 2.35. The lowest BCUT2D eigenvalue weighted by Gasteiger charge is -2.28. The Morgan fingerprint density at radius 1 is 1.00 bits per heavy atom. The number of anilines is 6. The number of carbonyl (C=O) groups is 2. The molecule has 0 spiro atoms. The Balaban J connectivity index is 1.36. The van der Waals surface area contributed by atoms with E-state index < -0.39 is 0 Å². The van der Waals surface area contributed by atoms with Crippen molar-refractivity contribution in [3.05, 3.63) is 60.6 Å². The summed E-state index contributed by atoms with van der Waals surface area (Å²) < 4.78 is 11.1. The van der Waals surface area contributed by atoms with Gasteiger partial charge < -0.3 is 29.9 Å². The van der Waals surface area contributed by atoms with E-state index in [0.717, 1.165) is 36.6 Å². The van der Waals surface area contributed by atoms with Gasteiger partial charge in [0.25, 0.3) is 0 Å². The van der Waals surface area contributed by atoms with Crippen LogP contribution < -0.4 is 25.2 Å². The Morgan fingerprint density at radius 2 is 1.84 bits per heavy atom. The molecule has 2 aliphatic rings. The zero-order valence-corrected chi connectivity index (χ0v) is 20.4. The molecule has 0 saturated carbocycles. The highest BCUT2D eigenvalue weighted by Gasteiger charge is 2.18. The molecule has 2 aliphatic heterocycles. The summed E-state index contributed by atoms with van der Waals surface area (Å²) >= 11 is 0. The summed E-state index contributed by atoms with van der Waals surface area (Å²) in [5.74, 6) is 2.12. The Kier molecular flexibility index (Phi) is 7.22. The molecule has 3 aromatic rings. The van der Waals surface area contributed by atoms with Crippen LogP contribution >= 0.6 is 0 Å². The fourth-order valence-corrected chi connectivity index (χ4v) is 4.11. The van der Waals surface area contributed by atoms with Crippen molar-refractivity contribution in [2.45, 2.75) is 6.92 Å². The molecule has 11 nitrogen and oxygen atoms in total. The van der Waals surface area contributed by atoms with E-state index in [9.17, 15) is 9.59 Å². The number of aldehydes is 1. The molecule has 190 valence electrons. The molecular weight excluding hydrogens is 474 g/mol. The van der Waals surface area contributed by atoms with Crippen LogP contribution in [0.4, 0.5) is 34.6 Å².